The van der Waals surface area contributed by atoms with E-state index >= 15 is 0 Å². The van der Waals surface area contributed by atoms with Gasteiger partial charge in [-0.25, -0.2) is 15.0 Å². The number of rotatable bonds is 6. The van der Waals surface area contributed by atoms with Gasteiger partial charge in [-0.15, -0.1) is 0 Å². The Kier molecular flexibility index (Phi) is 7.43. The molecule has 0 radical (unpaired) electrons. The third-order valence-corrected chi connectivity index (χ3v) is 9.88. The zero-order chi connectivity index (χ0) is 35.1. The van der Waals surface area contributed by atoms with Gasteiger partial charge in [0.2, 0.25) is 0 Å². The van der Waals surface area contributed by atoms with Crippen molar-refractivity contribution in [1.29, 1.82) is 0 Å². The van der Waals surface area contributed by atoms with E-state index in [2.05, 4.69) is 127 Å². The SMILES string of the molecule is c1ccc(-c2cc(-c3ccccc3)cc(-c3cc(-c4nc(-c5ccccc5)nc(-c5ccccc5)n4)c4oc5ccc6ccccc6c5c4c3)c2)cc1. The summed E-state index contributed by atoms with van der Waals surface area (Å²) < 4.78 is 6.81. The molecule has 0 saturated carbocycles. The summed E-state index contributed by atoms with van der Waals surface area (Å²) in [5.74, 6) is 1.76. The molecule has 4 heteroatoms. The van der Waals surface area contributed by atoms with Crippen LogP contribution in [0.3, 0.4) is 0 Å². The highest BCUT2D eigenvalue weighted by molar-refractivity contribution is 6.21. The molecule has 2 aromatic heterocycles. The number of fused-ring (bicyclic) bond motifs is 5. The molecule has 2 heterocycles. The molecule has 0 fully saturated rings. The molecule has 10 rings (SSSR count). The van der Waals surface area contributed by atoms with Gasteiger partial charge in [0.05, 0.1) is 5.56 Å². The van der Waals surface area contributed by atoms with Crippen LogP contribution < -0.4 is 0 Å². The molecule has 248 valence electrons. The van der Waals surface area contributed by atoms with Crippen molar-refractivity contribution in [2.45, 2.75) is 0 Å². The van der Waals surface area contributed by atoms with E-state index in [0.29, 0.717) is 17.5 Å². The normalized spacial score (nSPS) is 11.4. The summed E-state index contributed by atoms with van der Waals surface area (Å²) in [6.45, 7) is 0. The highest BCUT2D eigenvalue weighted by Crippen LogP contribution is 2.43. The van der Waals surface area contributed by atoms with Gasteiger partial charge in [0.25, 0.3) is 0 Å². The monoisotopic (exact) mass is 677 g/mol. The van der Waals surface area contributed by atoms with Crippen LogP contribution in [0.4, 0.5) is 0 Å². The third-order valence-electron chi connectivity index (χ3n) is 9.88. The number of furan rings is 1. The van der Waals surface area contributed by atoms with Crippen molar-refractivity contribution in [2.24, 2.45) is 0 Å². The van der Waals surface area contributed by atoms with Crippen LogP contribution in [0.2, 0.25) is 0 Å². The first-order valence-electron chi connectivity index (χ1n) is 17.8. The molecule has 4 nitrogen and oxygen atoms in total. The van der Waals surface area contributed by atoms with Crippen molar-refractivity contribution in [2.75, 3.05) is 0 Å². The number of aromatic nitrogens is 3. The lowest BCUT2D eigenvalue weighted by atomic mass is 9.91. The Morgan fingerprint density at radius 2 is 0.774 bits per heavy atom. The lowest BCUT2D eigenvalue weighted by molar-refractivity contribution is 0.670. The van der Waals surface area contributed by atoms with Gasteiger partial charge in [-0.3, -0.25) is 0 Å². The van der Waals surface area contributed by atoms with E-state index in [1.807, 2.05) is 60.7 Å². The second-order valence-electron chi connectivity index (χ2n) is 13.2. The molecule has 0 bridgehead atoms. The fourth-order valence-electron chi connectivity index (χ4n) is 7.30. The summed E-state index contributed by atoms with van der Waals surface area (Å²) in [6, 6.07) is 65.3. The largest absolute Gasteiger partial charge is 0.455 e. The maximum absolute atomic E-state index is 6.81. The van der Waals surface area contributed by atoms with Crippen molar-refractivity contribution in [1.82, 2.24) is 15.0 Å². The van der Waals surface area contributed by atoms with Gasteiger partial charge in [0.15, 0.2) is 17.5 Å². The molecular formula is C49H31N3O. The number of benzene rings is 8. The number of nitrogens with zero attached hydrogens (tertiary/aromatic N) is 3. The van der Waals surface area contributed by atoms with E-state index in [1.165, 1.54) is 0 Å². The maximum atomic E-state index is 6.81. The van der Waals surface area contributed by atoms with Gasteiger partial charge in [-0.2, -0.15) is 0 Å². The molecule has 0 aliphatic carbocycles. The third kappa shape index (κ3) is 5.63. The number of hydrogen-bond acceptors (Lipinski definition) is 4. The fourth-order valence-corrected chi connectivity index (χ4v) is 7.30. The molecule has 0 amide bonds. The van der Waals surface area contributed by atoms with E-state index in [1.54, 1.807) is 0 Å². The molecule has 10 aromatic rings. The summed E-state index contributed by atoms with van der Waals surface area (Å²) in [4.78, 5) is 15.3. The van der Waals surface area contributed by atoms with Crippen LogP contribution in [0, 0.1) is 0 Å². The van der Waals surface area contributed by atoms with Crippen LogP contribution in [0.25, 0.3) is 100 Å². The van der Waals surface area contributed by atoms with Gasteiger partial charge in [0.1, 0.15) is 11.2 Å². The van der Waals surface area contributed by atoms with Crippen molar-refractivity contribution >= 4 is 32.7 Å². The lowest BCUT2D eigenvalue weighted by Gasteiger charge is -2.13. The Bertz CT molecular complexity index is 2810. The fraction of sp³-hybridized carbons (Fsp3) is 0. The minimum absolute atomic E-state index is 0.551. The van der Waals surface area contributed by atoms with E-state index in [0.717, 1.165) is 82.8 Å². The van der Waals surface area contributed by atoms with Crippen molar-refractivity contribution in [3.63, 3.8) is 0 Å². The summed E-state index contributed by atoms with van der Waals surface area (Å²) >= 11 is 0. The van der Waals surface area contributed by atoms with Crippen LogP contribution in [0.1, 0.15) is 0 Å². The van der Waals surface area contributed by atoms with Crippen molar-refractivity contribution in [3.8, 4) is 67.5 Å². The highest BCUT2D eigenvalue weighted by Gasteiger charge is 2.21. The first-order valence-corrected chi connectivity index (χ1v) is 17.8. The minimum Gasteiger partial charge on any atom is -0.455 e. The topological polar surface area (TPSA) is 51.8 Å². The molecule has 53 heavy (non-hydrogen) atoms. The molecule has 8 aromatic carbocycles. The number of hydrogen-bond donors (Lipinski definition) is 0. The van der Waals surface area contributed by atoms with Gasteiger partial charge >= 0.3 is 0 Å². The Balaban J connectivity index is 1.29. The summed E-state index contributed by atoms with van der Waals surface area (Å²) in [5, 5.41) is 4.38. The van der Waals surface area contributed by atoms with E-state index < -0.39 is 0 Å². The average molecular weight is 678 g/mol. The Labute approximate surface area is 306 Å². The Morgan fingerprint density at radius 1 is 0.321 bits per heavy atom. The quantitative estimate of drug-likeness (QED) is 0.176. The molecule has 0 spiro atoms. The van der Waals surface area contributed by atoms with Crippen LogP contribution in [0.5, 0.6) is 0 Å². The van der Waals surface area contributed by atoms with E-state index in [4.69, 9.17) is 19.4 Å². The smallest absolute Gasteiger partial charge is 0.167 e. The first-order chi connectivity index (χ1) is 26.2. The molecule has 0 saturated heterocycles. The summed E-state index contributed by atoms with van der Waals surface area (Å²) in [6.07, 6.45) is 0. The zero-order valence-corrected chi connectivity index (χ0v) is 28.6. The predicted molar refractivity (Wildman–Crippen MR) is 217 cm³/mol. The summed E-state index contributed by atoms with van der Waals surface area (Å²) in [7, 11) is 0. The van der Waals surface area contributed by atoms with Gasteiger partial charge in [0, 0.05) is 21.9 Å². The molecule has 0 aliphatic rings. The molecule has 0 unspecified atom stereocenters. The zero-order valence-electron chi connectivity index (χ0n) is 28.6. The Hall–Kier alpha value is -7.17. The molecule has 0 aliphatic heterocycles. The second kappa shape index (κ2) is 12.9. The van der Waals surface area contributed by atoms with Gasteiger partial charge < -0.3 is 4.42 Å². The second-order valence-corrected chi connectivity index (χ2v) is 13.2. The van der Waals surface area contributed by atoms with E-state index in [9.17, 15) is 0 Å². The average Bonchev–Trinajstić information content (AvgIpc) is 3.63. The minimum atomic E-state index is 0.551. The van der Waals surface area contributed by atoms with Crippen LogP contribution in [0.15, 0.2) is 192 Å². The van der Waals surface area contributed by atoms with Gasteiger partial charge in [-0.05, 0) is 80.6 Å². The van der Waals surface area contributed by atoms with E-state index in [-0.39, 0.29) is 0 Å². The highest BCUT2D eigenvalue weighted by atomic mass is 16.3. The Morgan fingerprint density at radius 3 is 1.34 bits per heavy atom. The van der Waals surface area contributed by atoms with Crippen molar-refractivity contribution in [3.05, 3.63) is 188 Å². The predicted octanol–water partition coefficient (Wildman–Crippen LogP) is 12.9. The van der Waals surface area contributed by atoms with Gasteiger partial charge in [-0.1, -0.05) is 152 Å². The van der Waals surface area contributed by atoms with Crippen molar-refractivity contribution < 1.29 is 4.42 Å². The lowest BCUT2D eigenvalue weighted by Crippen LogP contribution is -2.00. The van der Waals surface area contributed by atoms with Crippen LogP contribution in [-0.2, 0) is 0 Å². The van der Waals surface area contributed by atoms with Crippen LogP contribution >= 0.6 is 0 Å². The standard InChI is InChI=1S/C49H31N3O/c1-5-15-32(16-6-1)37-27-38(33-17-7-2-8-18-33)29-39(28-37)40-30-42-45-41-24-14-13-19-34(41)25-26-44(45)53-46(42)43(31-40)49-51-47(35-20-9-3-10-21-35)50-48(52-49)36-22-11-4-12-23-36/h1-31H. The van der Waals surface area contributed by atoms with Crippen LogP contribution in [-0.4, -0.2) is 15.0 Å². The molecular weight excluding hydrogens is 647 g/mol. The summed E-state index contributed by atoms with van der Waals surface area (Å²) in [5.41, 5.74) is 10.9. The maximum Gasteiger partial charge on any atom is 0.167 e. The molecule has 0 atom stereocenters. The molecule has 0 N–H and O–H groups in total. The first kappa shape index (κ1) is 30.6.